The minimum absolute atomic E-state index is 0.804. The summed E-state index contributed by atoms with van der Waals surface area (Å²) < 4.78 is 0. The van der Waals surface area contributed by atoms with Gasteiger partial charge in [0.15, 0.2) is 0 Å². The molecule has 3 aromatic rings. The Bertz CT molecular complexity index is 624. The van der Waals surface area contributed by atoms with Gasteiger partial charge in [0.05, 0.1) is 5.69 Å². The summed E-state index contributed by atoms with van der Waals surface area (Å²) >= 11 is 0. The molecular weight excluding hydrogens is 206 g/mol. The van der Waals surface area contributed by atoms with E-state index >= 15 is 0 Å². The number of fused-ring (bicyclic) bond motifs is 1. The Balaban J connectivity index is 2.06. The molecule has 1 heteroatoms. The number of aromatic nitrogens is 1. The van der Waals surface area contributed by atoms with E-state index in [0.29, 0.717) is 0 Å². The number of rotatable bonds is 2. The summed E-state index contributed by atoms with van der Waals surface area (Å²) in [4.78, 5) is 4.47. The Labute approximate surface area is 101 Å². The first-order chi connectivity index (χ1) is 8.43. The van der Waals surface area contributed by atoms with Crippen LogP contribution in [0.5, 0.6) is 0 Å². The predicted octanol–water partition coefficient (Wildman–Crippen LogP) is 3.43. The Morgan fingerprint density at radius 1 is 1.00 bits per heavy atom. The Kier molecular flexibility index (Phi) is 2.48. The molecule has 0 fully saturated rings. The van der Waals surface area contributed by atoms with Crippen LogP contribution in [0.15, 0.2) is 54.7 Å². The minimum Gasteiger partial charge on any atom is -0.260 e. The molecule has 0 saturated carbocycles. The highest BCUT2D eigenvalue weighted by Crippen LogP contribution is 2.18. The smallest absolute Gasteiger partial charge is 0.0532 e. The van der Waals surface area contributed by atoms with Crippen LogP contribution in [-0.2, 0) is 6.42 Å². The SMILES string of the molecule is c1cccc(Cc2nccc3ccccc23)c#1. The fraction of sp³-hybridized carbons (Fsp3) is 0.0625. The summed E-state index contributed by atoms with van der Waals surface area (Å²) in [5.41, 5.74) is 2.22. The molecule has 80 valence electrons. The summed E-state index contributed by atoms with van der Waals surface area (Å²) in [6, 6.07) is 22.4. The van der Waals surface area contributed by atoms with E-state index in [1.54, 1.807) is 0 Å². The average molecular weight is 217 g/mol. The second-order valence-corrected chi connectivity index (χ2v) is 3.98. The summed E-state index contributed by atoms with van der Waals surface area (Å²) in [5.74, 6) is 0. The summed E-state index contributed by atoms with van der Waals surface area (Å²) in [6.45, 7) is 0. The van der Waals surface area contributed by atoms with Gasteiger partial charge in [0.25, 0.3) is 0 Å². The number of pyridine rings is 1. The van der Waals surface area contributed by atoms with E-state index in [1.807, 2.05) is 30.5 Å². The quantitative estimate of drug-likeness (QED) is 0.641. The van der Waals surface area contributed by atoms with Crippen molar-refractivity contribution < 1.29 is 0 Å². The van der Waals surface area contributed by atoms with Crippen molar-refractivity contribution in [2.75, 3.05) is 0 Å². The highest BCUT2D eigenvalue weighted by molar-refractivity contribution is 5.84. The van der Waals surface area contributed by atoms with Crippen molar-refractivity contribution in [2.45, 2.75) is 6.42 Å². The van der Waals surface area contributed by atoms with Gasteiger partial charge < -0.3 is 0 Å². The maximum Gasteiger partial charge on any atom is 0.0532 e. The van der Waals surface area contributed by atoms with Gasteiger partial charge in [-0.1, -0.05) is 42.5 Å². The van der Waals surface area contributed by atoms with Crippen molar-refractivity contribution in [1.82, 2.24) is 4.98 Å². The second-order valence-electron chi connectivity index (χ2n) is 3.98. The van der Waals surface area contributed by atoms with Crippen molar-refractivity contribution in [1.29, 1.82) is 0 Å². The first-order valence-corrected chi connectivity index (χ1v) is 5.63. The van der Waals surface area contributed by atoms with Gasteiger partial charge in [-0.15, -0.1) is 0 Å². The number of benzene rings is 1. The maximum absolute atomic E-state index is 4.47. The van der Waals surface area contributed by atoms with Crippen molar-refractivity contribution >= 4 is 10.8 Å². The standard InChI is InChI=1S/C16H11N/c1-2-6-13(7-3-1)12-16-15-9-5-4-8-14(15)10-11-17-16/h1-2,4-6,8-11H,12H2. The van der Waals surface area contributed by atoms with Crippen LogP contribution in [0.3, 0.4) is 0 Å². The minimum atomic E-state index is 0.804. The van der Waals surface area contributed by atoms with Gasteiger partial charge >= 0.3 is 0 Å². The third-order valence-electron chi connectivity index (χ3n) is 2.82. The zero-order valence-electron chi connectivity index (χ0n) is 9.35. The summed E-state index contributed by atoms with van der Waals surface area (Å²) in [6.07, 6.45) is 2.67. The molecule has 0 bridgehead atoms. The molecule has 0 amide bonds. The van der Waals surface area contributed by atoms with Gasteiger partial charge in [-0.05, 0) is 23.6 Å². The molecule has 0 aliphatic heterocycles. The van der Waals surface area contributed by atoms with Gasteiger partial charge in [0, 0.05) is 23.6 Å². The number of hydrogen-bond acceptors (Lipinski definition) is 1. The average Bonchev–Trinajstić information content (AvgIpc) is 2.40. The molecule has 2 aromatic carbocycles. The molecule has 0 aliphatic carbocycles. The van der Waals surface area contributed by atoms with Crippen LogP contribution in [0.4, 0.5) is 0 Å². The summed E-state index contributed by atoms with van der Waals surface area (Å²) in [5, 5.41) is 2.45. The van der Waals surface area contributed by atoms with Crippen LogP contribution in [0, 0.1) is 12.1 Å². The molecule has 17 heavy (non-hydrogen) atoms. The lowest BCUT2D eigenvalue weighted by Crippen LogP contribution is -1.92. The predicted molar refractivity (Wildman–Crippen MR) is 68.7 cm³/mol. The van der Waals surface area contributed by atoms with Gasteiger partial charge in [-0.25, -0.2) is 0 Å². The highest BCUT2D eigenvalue weighted by Gasteiger charge is 2.02. The van der Waals surface area contributed by atoms with E-state index in [4.69, 9.17) is 0 Å². The second kappa shape index (κ2) is 4.27. The first-order valence-electron chi connectivity index (χ1n) is 5.63. The first kappa shape index (κ1) is 9.86. The fourth-order valence-corrected chi connectivity index (χ4v) is 2.00. The third kappa shape index (κ3) is 1.98. The molecule has 3 rings (SSSR count). The molecule has 0 N–H and O–H groups in total. The Morgan fingerprint density at radius 2 is 1.94 bits per heavy atom. The fourth-order valence-electron chi connectivity index (χ4n) is 2.00. The van der Waals surface area contributed by atoms with Crippen LogP contribution in [0.2, 0.25) is 0 Å². The molecule has 0 unspecified atom stereocenters. The Hall–Kier alpha value is -2.33. The topological polar surface area (TPSA) is 12.9 Å². The van der Waals surface area contributed by atoms with E-state index in [9.17, 15) is 0 Å². The lowest BCUT2D eigenvalue weighted by atomic mass is 10.0. The molecule has 1 aromatic heterocycles. The van der Waals surface area contributed by atoms with Gasteiger partial charge in [-0.2, -0.15) is 0 Å². The lowest BCUT2D eigenvalue weighted by Gasteiger charge is -2.04. The van der Waals surface area contributed by atoms with Crippen molar-refractivity contribution in [3.63, 3.8) is 0 Å². The molecule has 0 spiro atoms. The highest BCUT2D eigenvalue weighted by atomic mass is 14.7. The van der Waals surface area contributed by atoms with E-state index in [2.05, 4.69) is 41.4 Å². The third-order valence-corrected chi connectivity index (χ3v) is 2.82. The van der Waals surface area contributed by atoms with Gasteiger partial charge in [0.1, 0.15) is 0 Å². The van der Waals surface area contributed by atoms with E-state index in [1.165, 1.54) is 10.8 Å². The molecular formula is C16H11N. The number of hydrogen-bond donors (Lipinski definition) is 0. The molecule has 0 radical (unpaired) electrons. The normalized spacial score (nSPS) is 10.1. The molecule has 1 nitrogen and oxygen atoms in total. The monoisotopic (exact) mass is 217 g/mol. The van der Waals surface area contributed by atoms with Crippen LogP contribution in [0.1, 0.15) is 11.3 Å². The van der Waals surface area contributed by atoms with E-state index in [-0.39, 0.29) is 0 Å². The maximum atomic E-state index is 4.47. The number of nitrogens with zero attached hydrogens (tertiary/aromatic N) is 1. The zero-order chi connectivity index (χ0) is 11.5. The summed E-state index contributed by atoms with van der Waals surface area (Å²) in [7, 11) is 0. The van der Waals surface area contributed by atoms with Gasteiger partial charge in [0.2, 0.25) is 0 Å². The van der Waals surface area contributed by atoms with Crippen molar-refractivity contribution in [3.8, 4) is 0 Å². The van der Waals surface area contributed by atoms with Crippen LogP contribution in [0.25, 0.3) is 10.8 Å². The van der Waals surface area contributed by atoms with Crippen LogP contribution in [-0.4, -0.2) is 4.98 Å². The van der Waals surface area contributed by atoms with E-state index in [0.717, 1.165) is 17.7 Å². The molecule has 0 aliphatic rings. The van der Waals surface area contributed by atoms with Crippen LogP contribution < -0.4 is 0 Å². The lowest BCUT2D eigenvalue weighted by molar-refractivity contribution is 1.10. The molecule has 0 atom stereocenters. The van der Waals surface area contributed by atoms with Crippen LogP contribution >= 0.6 is 0 Å². The largest absolute Gasteiger partial charge is 0.260 e. The van der Waals surface area contributed by atoms with Crippen molar-refractivity contribution in [3.05, 3.63) is 78.1 Å². The zero-order valence-corrected chi connectivity index (χ0v) is 9.35. The van der Waals surface area contributed by atoms with Crippen molar-refractivity contribution in [2.24, 2.45) is 0 Å². The molecule has 1 heterocycles. The van der Waals surface area contributed by atoms with Gasteiger partial charge in [-0.3, -0.25) is 4.98 Å². The Morgan fingerprint density at radius 3 is 2.82 bits per heavy atom. The molecule has 0 saturated heterocycles. The van der Waals surface area contributed by atoms with E-state index < -0.39 is 0 Å².